The monoisotopic (exact) mass is 258 g/mol. The average molecular weight is 258 g/mol. The second-order valence-electron chi connectivity index (χ2n) is 5.10. The van der Waals surface area contributed by atoms with E-state index in [1.54, 1.807) is 13.2 Å². The van der Waals surface area contributed by atoms with Crippen LogP contribution in [0.3, 0.4) is 0 Å². The number of para-hydroxylation sites is 1. The van der Waals surface area contributed by atoms with Crippen LogP contribution in [-0.4, -0.2) is 18.3 Å². The lowest BCUT2D eigenvalue weighted by Crippen LogP contribution is -2.21. The number of methoxy groups -OCH3 is 1. The fourth-order valence-corrected chi connectivity index (χ4v) is 2.91. The summed E-state index contributed by atoms with van der Waals surface area (Å²) in [6, 6.07) is 8.14. The van der Waals surface area contributed by atoms with Crippen LogP contribution < -0.4 is 4.74 Å². The molecule has 1 N–H and O–H groups in total. The largest absolute Gasteiger partial charge is 0.504 e. The van der Waals surface area contributed by atoms with Gasteiger partial charge in [-0.25, -0.2) is 0 Å². The number of ether oxygens (including phenoxy) is 2. The Bertz CT molecular complexity index is 557. The summed E-state index contributed by atoms with van der Waals surface area (Å²) in [5.74, 6) is 2.17. The number of benzene rings is 1. The van der Waals surface area contributed by atoms with Crippen molar-refractivity contribution in [3.8, 4) is 5.75 Å². The zero-order chi connectivity index (χ0) is 13.4. The molecule has 100 valence electrons. The molecule has 2 aliphatic rings. The maximum absolute atomic E-state index is 9.93. The van der Waals surface area contributed by atoms with Gasteiger partial charge in [-0.1, -0.05) is 25.1 Å². The van der Waals surface area contributed by atoms with Crippen LogP contribution in [0.2, 0.25) is 0 Å². The highest BCUT2D eigenvalue weighted by atomic mass is 16.5. The Morgan fingerprint density at radius 3 is 2.74 bits per heavy atom. The molecule has 3 heteroatoms. The number of hydrogen-bond donors (Lipinski definition) is 1. The molecule has 0 fully saturated rings. The third-order valence-electron chi connectivity index (χ3n) is 3.98. The second-order valence-corrected chi connectivity index (χ2v) is 5.10. The van der Waals surface area contributed by atoms with Gasteiger partial charge in [0.1, 0.15) is 17.6 Å². The Hall–Kier alpha value is -1.90. The molecule has 0 saturated heterocycles. The average Bonchev–Trinajstić information content (AvgIpc) is 2.77. The fourth-order valence-electron chi connectivity index (χ4n) is 2.91. The molecule has 1 aliphatic carbocycles. The second kappa shape index (κ2) is 4.65. The lowest BCUT2D eigenvalue weighted by Gasteiger charge is -2.23. The zero-order valence-corrected chi connectivity index (χ0v) is 11.2. The Labute approximate surface area is 113 Å². The fraction of sp³-hybridized carbons (Fsp3) is 0.375. The van der Waals surface area contributed by atoms with Gasteiger partial charge < -0.3 is 14.6 Å². The number of hydrogen-bond acceptors (Lipinski definition) is 3. The molecule has 0 amide bonds. The molecule has 2 atom stereocenters. The Balaban J connectivity index is 1.89. The first-order valence-corrected chi connectivity index (χ1v) is 6.63. The van der Waals surface area contributed by atoms with Crippen molar-refractivity contribution >= 4 is 0 Å². The quantitative estimate of drug-likeness (QED) is 0.879. The van der Waals surface area contributed by atoms with E-state index in [9.17, 15) is 5.11 Å². The van der Waals surface area contributed by atoms with Crippen LogP contribution in [0.15, 0.2) is 47.4 Å². The summed E-state index contributed by atoms with van der Waals surface area (Å²) in [6.07, 6.45) is 3.43. The molecule has 19 heavy (non-hydrogen) atoms. The first-order valence-electron chi connectivity index (χ1n) is 6.63. The standard InChI is InChI=1S/C16H18O3/c1-10-12-5-3-4-6-14(12)19-16(10)11-7-8-15(18-2)13(17)9-11/h3-6,9-10,16-17H,7-8H2,1-2H3. The Morgan fingerprint density at radius 2 is 2.05 bits per heavy atom. The van der Waals surface area contributed by atoms with Gasteiger partial charge in [-0.2, -0.15) is 0 Å². The van der Waals surface area contributed by atoms with Crippen LogP contribution in [-0.2, 0) is 4.74 Å². The summed E-state index contributed by atoms with van der Waals surface area (Å²) in [4.78, 5) is 0. The summed E-state index contributed by atoms with van der Waals surface area (Å²) >= 11 is 0. The van der Waals surface area contributed by atoms with Gasteiger partial charge in [0.2, 0.25) is 0 Å². The van der Waals surface area contributed by atoms with Gasteiger partial charge >= 0.3 is 0 Å². The molecular formula is C16H18O3. The molecule has 1 heterocycles. The lowest BCUT2D eigenvalue weighted by molar-refractivity contribution is 0.221. The third-order valence-corrected chi connectivity index (χ3v) is 3.98. The molecule has 3 rings (SSSR count). The topological polar surface area (TPSA) is 38.7 Å². The van der Waals surface area contributed by atoms with Gasteiger partial charge in [0.15, 0.2) is 5.76 Å². The summed E-state index contributed by atoms with van der Waals surface area (Å²) in [6.45, 7) is 2.17. The molecule has 2 unspecified atom stereocenters. The SMILES string of the molecule is COC1=C(O)C=C(C2Oc3ccccc3C2C)CC1. The van der Waals surface area contributed by atoms with E-state index in [1.165, 1.54) is 5.56 Å². The van der Waals surface area contributed by atoms with Crippen molar-refractivity contribution in [2.75, 3.05) is 7.11 Å². The van der Waals surface area contributed by atoms with Crippen molar-refractivity contribution in [3.63, 3.8) is 0 Å². The van der Waals surface area contributed by atoms with Gasteiger partial charge in [-0.05, 0) is 24.1 Å². The molecule has 0 bridgehead atoms. The van der Waals surface area contributed by atoms with Gasteiger partial charge in [0.05, 0.1) is 7.11 Å². The first kappa shape index (κ1) is 12.2. The summed E-state index contributed by atoms with van der Waals surface area (Å²) in [5, 5.41) is 9.93. The Kier molecular flexibility index (Phi) is 2.97. The van der Waals surface area contributed by atoms with E-state index >= 15 is 0 Å². The van der Waals surface area contributed by atoms with Crippen LogP contribution in [0.5, 0.6) is 5.75 Å². The van der Waals surface area contributed by atoms with Gasteiger partial charge in [0.25, 0.3) is 0 Å². The maximum atomic E-state index is 9.93. The summed E-state index contributed by atoms with van der Waals surface area (Å²) in [7, 11) is 1.59. The number of rotatable bonds is 2. The summed E-state index contributed by atoms with van der Waals surface area (Å²) < 4.78 is 11.2. The molecule has 1 aromatic rings. The molecule has 0 radical (unpaired) electrons. The van der Waals surface area contributed by atoms with E-state index in [4.69, 9.17) is 9.47 Å². The minimum Gasteiger partial charge on any atom is -0.504 e. The van der Waals surface area contributed by atoms with Crippen molar-refractivity contribution in [2.24, 2.45) is 0 Å². The predicted molar refractivity (Wildman–Crippen MR) is 73.3 cm³/mol. The first-order chi connectivity index (χ1) is 9.20. The summed E-state index contributed by atoms with van der Waals surface area (Å²) in [5.41, 5.74) is 2.39. The minimum atomic E-state index is 0.0259. The van der Waals surface area contributed by atoms with Crippen molar-refractivity contribution in [1.82, 2.24) is 0 Å². The van der Waals surface area contributed by atoms with Crippen LogP contribution in [0.25, 0.3) is 0 Å². The molecule has 0 saturated carbocycles. The van der Waals surface area contributed by atoms with E-state index in [-0.39, 0.29) is 11.9 Å². The normalized spacial score (nSPS) is 25.7. The van der Waals surface area contributed by atoms with Crippen LogP contribution >= 0.6 is 0 Å². The van der Waals surface area contributed by atoms with Gasteiger partial charge in [-0.3, -0.25) is 0 Å². The molecule has 3 nitrogen and oxygen atoms in total. The van der Waals surface area contributed by atoms with Crippen molar-refractivity contribution in [3.05, 3.63) is 53.0 Å². The van der Waals surface area contributed by atoms with E-state index in [0.29, 0.717) is 11.7 Å². The van der Waals surface area contributed by atoms with E-state index < -0.39 is 0 Å². The highest BCUT2D eigenvalue weighted by Crippen LogP contribution is 2.42. The van der Waals surface area contributed by atoms with Gasteiger partial charge in [0, 0.05) is 17.9 Å². The number of fused-ring (bicyclic) bond motifs is 1. The molecular weight excluding hydrogens is 240 g/mol. The number of allylic oxidation sites excluding steroid dienone is 2. The highest BCUT2D eigenvalue weighted by molar-refractivity contribution is 5.44. The molecule has 0 spiro atoms. The number of aliphatic hydroxyl groups excluding tert-OH is 1. The maximum Gasteiger partial charge on any atom is 0.153 e. The lowest BCUT2D eigenvalue weighted by atomic mass is 9.88. The highest BCUT2D eigenvalue weighted by Gasteiger charge is 2.34. The zero-order valence-electron chi connectivity index (χ0n) is 11.2. The predicted octanol–water partition coefficient (Wildman–Crippen LogP) is 3.69. The number of aliphatic hydroxyl groups is 1. The molecule has 0 aromatic heterocycles. The van der Waals surface area contributed by atoms with Crippen molar-refractivity contribution in [1.29, 1.82) is 0 Å². The smallest absolute Gasteiger partial charge is 0.153 e. The minimum absolute atomic E-state index is 0.0259. The molecule has 1 aliphatic heterocycles. The third kappa shape index (κ3) is 1.99. The van der Waals surface area contributed by atoms with E-state index in [0.717, 1.165) is 24.2 Å². The van der Waals surface area contributed by atoms with E-state index in [2.05, 4.69) is 13.0 Å². The van der Waals surface area contributed by atoms with E-state index in [1.807, 2.05) is 18.2 Å². The van der Waals surface area contributed by atoms with Crippen LogP contribution in [0.4, 0.5) is 0 Å². The van der Waals surface area contributed by atoms with Crippen molar-refractivity contribution in [2.45, 2.75) is 31.8 Å². The van der Waals surface area contributed by atoms with Crippen molar-refractivity contribution < 1.29 is 14.6 Å². The van der Waals surface area contributed by atoms with Crippen LogP contribution in [0.1, 0.15) is 31.2 Å². The van der Waals surface area contributed by atoms with Crippen LogP contribution in [0, 0.1) is 0 Å². The van der Waals surface area contributed by atoms with Gasteiger partial charge in [-0.15, -0.1) is 0 Å². The Morgan fingerprint density at radius 1 is 1.26 bits per heavy atom. The molecule has 1 aromatic carbocycles.